The first kappa shape index (κ1) is 15.5. The third-order valence-corrected chi connectivity index (χ3v) is 4.45. The number of nitrogens with zero attached hydrogens (tertiary/aromatic N) is 2. The summed E-state index contributed by atoms with van der Waals surface area (Å²) < 4.78 is 13.0. The number of furan rings is 1. The fourth-order valence-corrected chi connectivity index (χ4v) is 3.19. The minimum Gasteiger partial charge on any atom is -0.426 e. The number of carbonyl (C=O) groups excluding carboxylic acids is 1. The van der Waals surface area contributed by atoms with Crippen LogP contribution in [0.5, 0.6) is 11.7 Å². The van der Waals surface area contributed by atoms with Gasteiger partial charge in [0, 0.05) is 24.4 Å². The van der Waals surface area contributed by atoms with Crippen LogP contribution >= 0.6 is 0 Å². The second kappa shape index (κ2) is 6.47. The maximum atomic E-state index is 12.5. The zero-order chi connectivity index (χ0) is 17.2. The van der Waals surface area contributed by atoms with Gasteiger partial charge in [0.1, 0.15) is 5.75 Å². The van der Waals surface area contributed by atoms with Gasteiger partial charge in [0.05, 0.1) is 12.2 Å². The molecule has 3 aromatic rings. The molecular weight excluding hydrogens is 318 g/mol. The molecule has 1 aliphatic carbocycles. The number of carbonyl (C=O) groups is 1. The maximum absolute atomic E-state index is 12.5. The lowest BCUT2D eigenvalue weighted by Gasteiger charge is -2.23. The van der Waals surface area contributed by atoms with Gasteiger partial charge in [0.2, 0.25) is 0 Å². The van der Waals surface area contributed by atoms with E-state index in [1.165, 1.54) is 5.69 Å². The Kier molecular flexibility index (Phi) is 4.01. The number of hydrogen-bond donors (Lipinski definition) is 1. The molecule has 0 spiro atoms. The molecule has 1 atom stereocenters. The van der Waals surface area contributed by atoms with E-state index in [9.17, 15) is 4.79 Å². The van der Waals surface area contributed by atoms with E-state index in [1.807, 2.05) is 48.3 Å². The van der Waals surface area contributed by atoms with Crippen LogP contribution in [0.15, 0.2) is 53.1 Å². The molecule has 128 valence electrons. The highest BCUT2D eigenvalue weighted by atomic mass is 16.6. The second-order valence-electron chi connectivity index (χ2n) is 6.12. The van der Waals surface area contributed by atoms with E-state index in [0.717, 1.165) is 24.8 Å². The van der Waals surface area contributed by atoms with E-state index in [-0.39, 0.29) is 17.7 Å². The second-order valence-corrected chi connectivity index (χ2v) is 6.12. The lowest BCUT2D eigenvalue weighted by molar-refractivity contribution is 0.0899. The number of hydrogen-bond acceptors (Lipinski definition) is 4. The number of fused-ring (bicyclic) bond motifs is 1. The monoisotopic (exact) mass is 337 g/mol. The van der Waals surface area contributed by atoms with Crippen molar-refractivity contribution in [1.82, 2.24) is 15.1 Å². The molecule has 1 amide bonds. The van der Waals surface area contributed by atoms with E-state index in [0.29, 0.717) is 11.7 Å². The Hall–Kier alpha value is -3.02. The van der Waals surface area contributed by atoms with Crippen LogP contribution in [-0.4, -0.2) is 15.7 Å². The number of para-hydroxylation sites is 1. The van der Waals surface area contributed by atoms with Crippen molar-refractivity contribution in [3.05, 3.63) is 65.7 Å². The Morgan fingerprint density at radius 3 is 2.96 bits per heavy atom. The summed E-state index contributed by atoms with van der Waals surface area (Å²) in [7, 11) is 1.93. The first-order valence-electron chi connectivity index (χ1n) is 8.35. The van der Waals surface area contributed by atoms with Gasteiger partial charge in [-0.05, 0) is 37.5 Å². The fraction of sp³-hybridized carbons (Fsp3) is 0.263. The Morgan fingerprint density at radius 2 is 2.12 bits per heavy atom. The minimum absolute atomic E-state index is 0.0338. The number of aromatic nitrogens is 2. The summed E-state index contributed by atoms with van der Waals surface area (Å²) in [6, 6.07) is 12.6. The van der Waals surface area contributed by atoms with Gasteiger partial charge in [-0.3, -0.25) is 9.48 Å². The molecular formula is C19H19N3O3. The summed E-state index contributed by atoms with van der Waals surface area (Å²) in [6.45, 7) is 0. The molecule has 1 N–H and O–H groups in total. The molecule has 0 fully saturated rings. The van der Waals surface area contributed by atoms with Crippen molar-refractivity contribution in [2.24, 2.45) is 7.05 Å². The molecule has 0 aliphatic heterocycles. The molecule has 4 rings (SSSR count). The van der Waals surface area contributed by atoms with Crippen molar-refractivity contribution in [3.63, 3.8) is 0 Å². The number of rotatable bonds is 4. The highest BCUT2D eigenvalue weighted by Crippen LogP contribution is 2.30. The topological polar surface area (TPSA) is 69.3 Å². The van der Waals surface area contributed by atoms with E-state index in [2.05, 4.69) is 10.4 Å². The third kappa shape index (κ3) is 3.15. The Labute approximate surface area is 145 Å². The van der Waals surface area contributed by atoms with Crippen LogP contribution < -0.4 is 10.1 Å². The maximum Gasteiger partial charge on any atom is 0.290 e. The highest BCUT2D eigenvalue weighted by Gasteiger charge is 2.26. The molecule has 6 nitrogen and oxygen atoms in total. The van der Waals surface area contributed by atoms with E-state index in [4.69, 9.17) is 9.15 Å². The van der Waals surface area contributed by atoms with E-state index in [1.54, 1.807) is 12.1 Å². The first-order valence-corrected chi connectivity index (χ1v) is 8.35. The van der Waals surface area contributed by atoms with Crippen LogP contribution in [0.3, 0.4) is 0 Å². The van der Waals surface area contributed by atoms with Gasteiger partial charge >= 0.3 is 0 Å². The molecule has 25 heavy (non-hydrogen) atoms. The molecule has 1 unspecified atom stereocenters. The summed E-state index contributed by atoms with van der Waals surface area (Å²) in [5, 5.41) is 7.34. The predicted molar refractivity (Wildman–Crippen MR) is 91.6 cm³/mol. The van der Waals surface area contributed by atoms with Gasteiger partial charge in [-0.25, -0.2) is 0 Å². The summed E-state index contributed by atoms with van der Waals surface area (Å²) in [5.74, 6) is 0.949. The summed E-state index contributed by atoms with van der Waals surface area (Å²) in [6.07, 6.45) is 4.76. The van der Waals surface area contributed by atoms with Crippen LogP contribution in [0.2, 0.25) is 0 Å². The smallest absolute Gasteiger partial charge is 0.290 e. The van der Waals surface area contributed by atoms with Gasteiger partial charge in [-0.15, -0.1) is 0 Å². The SMILES string of the molecule is Cn1ncc2c1CCCC2NC(=O)c1ccc(Oc2ccccc2)o1. The molecule has 1 aromatic carbocycles. The molecule has 2 heterocycles. The number of benzene rings is 1. The lowest BCUT2D eigenvalue weighted by Crippen LogP contribution is -2.30. The Morgan fingerprint density at radius 1 is 1.28 bits per heavy atom. The van der Waals surface area contributed by atoms with Crippen molar-refractivity contribution in [3.8, 4) is 11.7 Å². The van der Waals surface area contributed by atoms with E-state index < -0.39 is 0 Å². The number of amides is 1. The van der Waals surface area contributed by atoms with Crippen molar-refractivity contribution in [2.75, 3.05) is 0 Å². The average Bonchev–Trinajstić information content (AvgIpc) is 3.24. The van der Waals surface area contributed by atoms with E-state index >= 15 is 0 Å². The molecule has 0 saturated heterocycles. The standard InChI is InChI=1S/C19H19N3O3/c1-22-16-9-5-8-15(14(16)12-20-22)21-19(23)17-10-11-18(25-17)24-13-6-3-2-4-7-13/h2-4,6-7,10-12,15H,5,8-9H2,1H3,(H,21,23). The highest BCUT2D eigenvalue weighted by molar-refractivity contribution is 5.91. The zero-order valence-corrected chi connectivity index (χ0v) is 13.9. The Balaban J connectivity index is 1.46. The molecule has 1 aliphatic rings. The van der Waals surface area contributed by atoms with Gasteiger partial charge < -0.3 is 14.5 Å². The first-order chi connectivity index (χ1) is 12.2. The predicted octanol–water partition coefficient (Wildman–Crippen LogP) is 3.61. The average molecular weight is 337 g/mol. The van der Waals surface area contributed by atoms with Crippen molar-refractivity contribution < 1.29 is 13.9 Å². The molecule has 6 heteroatoms. The van der Waals surface area contributed by atoms with Crippen molar-refractivity contribution >= 4 is 5.91 Å². The fourth-order valence-electron chi connectivity index (χ4n) is 3.19. The number of nitrogens with one attached hydrogen (secondary N) is 1. The van der Waals surface area contributed by atoms with Crippen LogP contribution in [0, 0.1) is 0 Å². The minimum atomic E-state index is -0.246. The van der Waals surface area contributed by atoms with Crippen molar-refractivity contribution in [2.45, 2.75) is 25.3 Å². The quantitative estimate of drug-likeness (QED) is 0.789. The van der Waals surface area contributed by atoms with Crippen LogP contribution in [0.1, 0.15) is 40.7 Å². The molecule has 0 radical (unpaired) electrons. The van der Waals surface area contributed by atoms with Crippen LogP contribution in [0.25, 0.3) is 0 Å². The van der Waals surface area contributed by atoms with Crippen LogP contribution in [-0.2, 0) is 13.5 Å². The summed E-state index contributed by atoms with van der Waals surface area (Å²) in [4.78, 5) is 12.5. The van der Waals surface area contributed by atoms with Gasteiger partial charge in [-0.1, -0.05) is 18.2 Å². The van der Waals surface area contributed by atoms with Crippen LogP contribution in [0.4, 0.5) is 0 Å². The molecule has 0 saturated carbocycles. The summed E-state index contributed by atoms with van der Waals surface area (Å²) in [5.41, 5.74) is 2.28. The number of ether oxygens (including phenoxy) is 1. The number of aryl methyl sites for hydroxylation is 1. The van der Waals surface area contributed by atoms with Gasteiger partial charge in [0.15, 0.2) is 5.76 Å². The van der Waals surface area contributed by atoms with Crippen molar-refractivity contribution in [1.29, 1.82) is 0 Å². The molecule has 0 bridgehead atoms. The third-order valence-electron chi connectivity index (χ3n) is 4.45. The lowest BCUT2D eigenvalue weighted by atomic mass is 9.93. The largest absolute Gasteiger partial charge is 0.426 e. The van der Waals surface area contributed by atoms with Gasteiger partial charge in [0.25, 0.3) is 11.9 Å². The summed E-state index contributed by atoms with van der Waals surface area (Å²) >= 11 is 0. The van der Waals surface area contributed by atoms with Gasteiger partial charge in [-0.2, -0.15) is 5.10 Å². The Bertz CT molecular complexity index is 882. The normalized spacial score (nSPS) is 16.3. The zero-order valence-electron chi connectivity index (χ0n) is 13.9. The molecule has 2 aromatic heterocycles.